The predicted octanol–water partition coefficient (Wildman–Crippen LogP) is 3.78. The van der Waals surface area contributed by atoms with Crippen LogP contribution in [0.3, 0.4) is 0 Å². The van der Waals surface area contributed by atoms with Crippen LogP contribution >= 0.6 is 0 Å². The van der Waals surface area contributed by atoms with Gasteiger partial charge in [0.25, 0.3) is 0 Å². The molecule has 6 rings (SSSR count). The van der Waals surface area contributed by atoms with Gasteiger partial charge in [0.15, 0.2) is 0 Å². The second-order valence-electron chi connectivity index (χ2n) is 11.3. The highest BCUT2D eigenvalue weighted by Gasteiger charge is 2.51. The molecule has 0 aliphatic carbocycles. The minimum absolute atomic E-state index is 0.0656. The summed E-state index contributed by atoms with van der Waals surface area (Å²) in [5, 5.41) is 3.72. The Kier molecular flexibility index (Phi) is 8.06. The highest BCUT2D eigenvalue weighted by molar-refractivity contribution is 5.96. The van der Waals surface area contributed by atoms with Crippen LogP contribution in [0.2, 0.25) is 0 Å². The maximum Gasteiger partial charge on any atom is 0.410 e. The molecule has 2 aliphatic rings. The van der Waals surface area contributed by atoms with Crippen LogP contribution in [0, 0.1) is 0 Å². The Bertz CT molecular complexity index is 1690. The molecule has 4 aromatic rings. The molecule has 10 nitrogen and oxygen atoms in total. The van der Waals surface area contributed by atoms with E-state index in [0.29, 0.717) is 6.42 Å². The fourth-order valence-electron chi connectivity index (χ4n) is 6.42. The molecule has 3 heterocycles. The molecule has 1 saturated heterocycles. The first kappa shape index (κ1) is 29.0. The summed E-state index contributed by atoms with van der Waals surface area (Å²) in [6, 6.07) is 24.3. The van der Waals surface area contributed by atoms with Gasteiger partial charge in [-0.2, -0.15) is 0 Å². The summed E-state index contributed by atoms with van der Waals surface area (Å²) >= 11 is 0. The zero-order chi connectivity index (χ0) is 30.8. The van der Waals surface area contributed by atoms with E-state index in [1.807, 2.05) is 84.9 Å². The van der Waals surface area contributed by atoms with Gasteiger partial charge in [0, 0.05) is 50.1 Å². The Morgan fingerprint density at radius 3 is 2.30 bits per heavy atom. The van der Waals surface area contributed by atoms with E-state index in [9.17, 15) is 19.2 Å². The lowest BCUT2D eigenvalue weighted by molar-refractivity contribution is -0.162. The Morgan fingerprint density at radius 2 is 1.61 bits per heavy atom. The molecular weight excluding hydrogens is 558 g/mol. The van der Waals surface area contributed by atoms with Crippen molar-refractivity contribution in [2.45, 2.75) is 44.6 Å². The third-order valence-corrected chi connectivity index (χ3v) is 8.56. The molecule has 226 valence electrons. The van der Waals surface area contributed by atoms with Gasteiger partial charge in [0.1, 0.15) is 18.7 Å². The number of benzene rings is 3. The largest absolute Gasteiger partial charge is 0.445 e. The van der Waals surface area contributed by atoms with Crippen molar-refractivity contribution in [3.8, 4) is 0 Å². The average Bonchev–Trinajstić information content (AvgIpc) is 3.43. The van der Waals surface area contributed by atoms with Crippen LogP contribution in [0.5, 0.6) is 0 Å². The van der Waals surface area contributed by atoms with Gasteiger partial charge >= 0.3 is 6.09 Å². The number of nitrogens with zero attached hydrogens (tertiary/aromatic N) is 3. The SMILES string of the molecule is CNC(=O)[C@H]1Cc2c([nH]c3ccccc23)[C@@H]2CN(C(C)=O)[C@@H](CN(Cc3ccccc3)C(=O)OCc3ccccc3)C(=O)N12. The predicted molar refractivity (Wildman–Crippen MR) is 164 cm³/mol. The van der Waals surface area contributed by atoms with Gasteiger partial charge in [-0.15, -0.1) is 0 Å². The number of nitrogens with one attached hydrogen (secondary N) is 2. The molecular formula is C34H35N5O5. The summed E-state index contributed by atoms with van der Waals surface area (Å²) < 4.78 is 5.69. The quantitative estimate of drug-likeness (QED) is 0.339. The molecule has 0 spiro atoms. The van der Waals surface area contributed by atoms with Gasteiger partial charge in [-0.25, -0.2) is 4.79 Å². The summed E-state index contributed by atoms with van der Waals surface area (Å²) in [7, 11) is 1.56. The highest BCUT2D eigenvalue weighted by Crippen LogP contribution is 2.41. The van der Waals surface area contributed by atoms with Crippen LogP contribution < -0.4 is 5.32 Å². The number of H-pyrrole nitrogens is 1. The first-order valence-electron chi connectivity index (χ1n) is 14.8. The molecule has 44 heavy (non-hydrogen) atoms. The smallest absolute Gasteiger partial charge is 0.410 e. The molecule has 0 bridgehead atoms. The van der Waals surface area contributed by atoms with Gasteiger partial charge in [-0.05, 0) is 22.8 Å². The number of hydrogen-bond acceptors (Lipinski definition) is 5. The van der Waals surface area contributed by atoms with Crippen molar-refractivity contribution >= 4 is 34.7 Å². The number of aromatic nitrogens is 1. The molecule has 2 aliphatic heterocycles. The Morgan fingerprint density at radius 1 is 0.955 bits per heavy atom. The maximum absolute atomic E-state index is 14.5. The molecule has 2 N–H and O–H groups in total. The van der Waals surface area contributed by atoms with E-state index in [4.69, 9.17) is 4.74 Å². The lowest BCUT2D eigenvalue weighted by atomic mass is 9.87. The molecule has 0 radical (unpaired) electrons. The number of carbonyl (C=O) groups is 4. The monoisotopic (exact) mass is 593 g/mol. The molecule has 3 aromatic carbocycles. The second kappa shape index (κ2) is 12.2. The molecule has 4 amide bonds. The summed E-state index contributed by atoms with van der Waals surface area (Å²) in [5.74, 6) is -0.957. The number of ether oxygens (including phenoxy) is 1. The van der Waals surface area contributed by atoms with Crippen molar-refractivity contribution in [1.29, 1.82) is 0 Å². The van der Waals surface area contributed by atoms with E-state index in [1.54, 1.807) is 11.9 Å². The van der Waals surface area contributed by atoms with E-state index in [1.165, 1.54) is 16.7 Å². The van der Waals surface area contributed by atoms with Crippen LogP contribution in [0.4, 0.5) is 4.79 Å². The second-order valence-corrected chi connectivity index (χ2v) is 11.3. The topological polar surface area (TPSA) is 115 Å². The zero-order valence-corrected chi connectivity index (χ0v) is 24.7. The highest BCUT2D eigenvalue weighted by atomic mass is 16.6. The van der Waals surface area contributed by atoms with E-state index in [0.717, 1.165) is 33.3 Å². The number of fused-ring (bicyclic) bond motifs is 5. The number of rotatable bonds is 7. The van der Waals surface area contributed by atoms with Crippen molar-refractivity contribution < 1.29 is 23.9 Å². The van der Waals surface area contributed by atoms with Crippen LogP contribution in [0.25, 0.3) is 10.9 Å². The number of likely N-dealkylation sites (N-methyl/N-ethyl adjacent to an activating group) is 1. The van der Waals surface area contributed by atoms with Gasteiger partial charge in [0.05, 0.1) is 12.6 Å². The molecule has 1 fully saturated rings. The molecule has 10 heteroatoms. The van der Waals surface area contributed by atoms with Gasteiger partial charge in [0.2, 0.25) is 17.7 Å². The maximum atomic E-state index is 14.5. The number of hydrogen-bond donors (Lipinski definition) is 2. The third-order valence-electron chi connectivity index (χ3n) is 8.56. The summed E-state index contributed by atoms with van der Waals surface area (Å²) in [6.45, 7) is 1.76. The lowest BCUT2D eigenvalue weighted by Gasteiger charge is -2.50. The van der Waals surface area contributed by atoms with Crippen molar-refractivity contribution in [1.82, 2.24) is 25.0 Å². The van der Waals surface area contributed by atoms with Crippen molar-refractivity contribution in [2.75, 3.05) is 20.1 Å². The molecule has 0 unspecified atom stereocenters. The fourth-order valence-corrected chi connectivity index (χ4v) is 6.42. The number of para-hydroxylation sites is 1. The Labute approximate surface area is 255 Å². The fraction of sp³-hybridized carbons (Fsp3) is 0.294. The zero-order valence-electron chi connectivity index (χ0n) is 24.7. The van der Waals surface area contributed by atoms with Crippen LogP contribution in [-0.2, 0) is 38.7 Å². The lowest BCUT2D eigenvalue weighted by Crippen LogP contribution is -2.67. The first-order chi connectivity index (χ1) is 21.4. The number of aromatic amines is 1. The third kappa shape index (κ3) is 5.50. The summed E-state index contributed by atoms with van der Waals surface area (Å²) in [6.07, 6.45) is -0.267. The number of carbonyl (C=O) groups excluding carboxylic acids is 4. The van der Waals surface area contributed by atoms with Gasteiger partial charge in [-0.1, -0.05) is 78.9 Å². The summed E-state index contributed by atoms with van der Waals surface area (Å²) in [5.41, 5.74) is 4.39. The van der Waals surface area contributed by atoms with E-state index < -0.39 is 24.2 Å². The van der Waals surface area contributed by atoms with Crippen molar-refractivity contribution in [3.05, 3.63) is 107 Å². The number of amides is 4. The van der Waals surface area contributed by atoms with Gasteiger partial charge < -0.3 is 29.7 Å². The average molecular weight is 594 g/mol. The Balaban J connectivity index is 1.34. The van der Waals surface area contributed by atoms with Crippen LogP contribution in [-0.4, -0.2) is 75.7 Å². The summed E-state index contributed by atoms with van der Waals surface area (Å²) in [4.78, 5) is 62.5. The van der Waals surface area contributed by atoms with E-state index in [-0.39, 0.29) is 44.0 Å². The minimum atomic E-state index is -1.00. The van der Waals surface area contributed by atoms with Crippen molar-refractivity contribution in [3.63, 3.8) is 0 Å². The van der Waals surface area contributed by atoms with E-state index in [2.05, 4.69) is 10.3 Å². The number of piperazine rings is 1. The Hall–Kier alpha value is -5.12. The first-order valence-corrected chi connectivity index (χ1v) is 14.8. The van der Waals surface area contributed by atoms with Crippen LogP contribution in [0.1, 0.15) is 35.3 Å². The van der Waals surface area contributed by atoms with Crippen molar-refractivity contribution in [2.24, 2.45) is 0 Å². The molecule has 3 atom stereocenters. The molecule has 0 saturated carbocycles. The molecule has 1 aromatic heterocycles. The minimum Gasteiger partial charge on any atom is -0.445 e. The van der Waals surface area contributed by atoms with E-state index >= 15 is 0 Å². The standard InChI is InChI=1S/C34H35N5O5/c1-22(40)38-20-29-31-26(25-15-9-10-16-27(25)36-31)17-28(32(41)35-2)39(29)33(42)30(38)19-37(18-23-11-5-3-6-12-23)34(43)44-21-24-13-7-4-8-14-24/h3-16,28-30,36H,17-21H2,1-2H3,(H,35,41)/t28-,29+,30+/m1/s1. The van der Waals surface area contributed by atoms with Crippen LogP contribution in [0.15, 0.2) is 84.9 Å². The normalized spacial score (nSPS) is 19.2. The van der Waals surface area contributed by atoms with Gasteiger partial charge in [-0.3, -0.25) is 14.4 Å².